The van der Waals surface area contributed by atoms with Gasteiger partial charge in [0.05, 0.1) is 11.4 Å². The summed E-state index contributed by atoms with van der Waals surface area (Å²) in [5.41, 5.74) is 4.62. The zero-order chi connectivity index (χ0) is 20.0. The smallest absolute Gasteiger partial charge is 0.203 e. The Balaban J connectivity index is 2.18. The lowest BCUT2D eigenvalue weighted by atomic mass is 10.1. The molecule has 0 bridgehead atoms. The number of aromatic hydroxyl groups is 4. The summed E-state index contributed by atoms with van der Waals surface area (Å²) in [6, 6.07) is 8.45. The number of thioether (sulfide) groups is 1. The topological polar surface area (TPSA) is 130 Å². The van der Waals surface area contributed by atoms with Gasteiger partial charge in [-0.15, -0.1) is 5.10 Å². The van der Waals surface area contributed by atoms with E-state index in [1.807, 2.05) is 0 Å². The lowest BCUT2D eigenvalue weighted by Crippen LogP contribution is -2.15. The van der Waals surface area contributed by atoms with Gasteiger partial charge in [0.1, 0.15) is 23.0 Å². The second kappa shape index (κ2) is 8.95. The number of phenols is 4. The molecule has 0 aliphatic carbocycles. The van der Waals surface area contributed by atoms with Crippen LogP contribution in [0.2, 0.25) is 0 Å². The third-order valence-electron chi connectivity index (χ3n) is 3.55. The maximum absolute atomic E-state index is 9.86. The molecule has 0 spiro atoms. The van der Waals surface area contributed by atoms with E-state index in [9.17, 15) is 20.4 Å². The molecule has 0 saturated carbocycles. The van der Waals surface area contributed by atoms with E-state index in [1.54, 1.807) is 32.2 Å². The highest BCUT2D eigenvalue weighted by Crippen LogP contribution is 2.24. The number of benzene rings is 2. The Labute approximate surface area is 160 Å². The molecule has 8 nitrogen and oxygen atoms in total. The van der Waals surface area contributed by atoms with Gasteiger partial charge >= 0.3 is 0 Å². The predicted octanol–water partition coefficient (Wildman–Crippen LogP) is 2.97. The molecule has 0 radical (unpaired) electrons. The van der Waals surface area contributed by atoms with E-state index in [0.29, 0.717) is 27.7 Å². The highest BCUT2D eigenvalue weighted by atomic mass is 32.2. The minimum atomic E-state index is -0.0956. The zero-order valence-corrected chi connectivity index (χ0v) is 15.8. The van der Waals surface area contributed by atoms with E-state index >= 15 is 0 Å². The van der Waals surface area contributed by atoms with Crippen molar-refractivity contribution in [3.63, 3.8) is 0 Å². The van der Waals surface area contributed by atoms with Crippen molar-refractivity contribution in [2.24, 2.45) is 15.3 Å². The van der Waals surface area contributed by atoms with E-state index in [1.165, 1.54) is 36.0 Å². The van der Waals surface area contributed by atoms with Gasteiger partial charge in [0.25, 0.3) is 0 Å². The van der Waals surface area contributed by atoms with Crippen LogP contribution in [0.3, 0.4) is 0 Å². The molecule has 2 aromatic rings. The van der Waals surface area contributed by atoms with Gasteiger partial charge < -0.3 is 20.4 Å². The molecule has 27 heavy (non-hydrogen) atoms. The minimum Gasteiger partial charge on any atom is -0.508 e. The molecule has 0 amide bonds. The fourth-order valence-electron chi connectivity index (χ4n) is 2.13. The largest absolute Gasteiger partial charge is 0.508 e. The van der Waals surface area contributed by atoms with Crippen LogP contribution >= 0.6 is 11.8 Å². The molecular formula is C18H20N4O4S. The molecule has 0 heterocycles. The molecule has 2 aromatic carbocycles. The Morgan fingerprint density at radius 1 is 0.815 bits per heavy atom. The van der Waals surface area contributed by atoms with Crippen LogP contribution in [-0.4, -0.2) is 43.3 Å². The Bertz CT molecular complexity index is 926. The molecule has 0 atom stereocenters. The van der Waals surface area contributed by atoms with Gasteiger partial charge in [-0.25, -0.2) is 0 Å². The van der Waals surface area contributed by atoms with Gasteiger partial charge in [0.2, 0.25) is 5.17 Å². The molecule has 142 valence electrons. The van der Waals surface area contributed by atoms with Gasteiger partial charge in [-0.1, -0.05) is 11.8 Å². The summed E-state index contributed by atoms with van der Waals surface area (Å²) in [7, 11) is 0. The van der Waals surface area contributed by atoms with E-state index in [0.717, 1.165) is 0 Å². The minimum absolute atomic E-state index is 0.0364. The predicted molar refractivity (Wildman–Crippen MR) is 108 cm³/mol. The van der Waals surface area contributed by atoms with Crippen molar-refractivity contribution >= 4 is 28.4 Å². The molecule has 2 rings (SSSR count). The average Bonchev–Trinajstić information content (AvgIpc) is 2.61. The zero-order valence-electron chi connectivity index (χ0n) is 15.0. The number of rotatable bonds is 4. The molecule has 9 heteroatoms. The van der Waals surface area contributed by atoms with Crippen LogP contribution in [0.1, 0.15) is 25.0 Å². The summed E-state index contributed by atoms with van der Waals surface area (Å²) in [5.74, 6) is -0.258. The fraction of sp³-hybridized carbons (Fsp3) is 0.167. The summed E-state index contributed by atoms with van der Waals surface area (Å²) in [6.07, 6.45) is 1.79. The summed E-state index contributed by atoms with van der Waals surface area (Å²) < 4.78 is 0. The maximum atomic E-state index is 9.86. The number of hydrogen-bond acceptors (Lipinski definition) is 8. The van der Waals surface area contributed by atoms with Gasteiger partial charge in [0.15, 0.2) is 0 Å². The maximum Gasteiger partial charge on any atom is 0.203 e. The lowest BCUT2D eigenvalue weighted by molar-refractivity contribution is 0.448. The molecule has 0 aliphatic heterocycles. The van der Waals surface area contributed by atoms with Crippen LogP contribution in [0, 0.1) is 0 Å². The Morgan fingerprint density at radius 3 is 1.81 bits per heavy atom. The standard InChI is InChI=1S/C18H20N4O4S/c1-10(14-6-4-12(23)8-16(14)25)19-21-18(27-3)22-20-11(2)15-7-5-13(24)9-17(15)26/h4-9,23-26H,1-3H3,(H,21,22)/b19-10-,20-11-. The van der Waals surface area contributed by atoms with E-state index in [2.05, 4.69) is 20.7 Å². The summed E-state index contributed by atoms with van der Waals surface area (Å²) in [6.45, 7) is 3.37. The quantitative estimate of drug-likeness (QED) is 0.311. The molecule has 0 fully saturated rings. The first-order chi connectivity index (χ1) is 12.8. The Hall–Kier alpha value is -3.20. The van der Waals surface area contributed by atoms with E-state index in [-0.39, 0.29) is 23.0 Å². The summed E-state index contributed by atoms with van der Waals surface area (Å²) in [4.78, 5) is 0. The molecule has 0 aliphatic rings. The van der Waals surface area contributed by atoms with E-state index in [4.69, 9.17) is 0 Å². The van der Waals surface area contributed by atoms with Crippen LogP contribution in [0.5, 0.6) is 23.0 Å². The van der Waals surface area contributed by atoms with Crippen molar-refractivity contribution in [1.82, 2.24) is 5.43 Å². The van der Waals surface area contributed by atoms with Crippen molar-refractivity contribution in [3.8, 4) is 23.0 Å². The first-order valence-electron chi connectivity index (χ1n) is 7.83. The number of hydrogen-bond donors (Lipinski definition) is 5. The van der Waals surface area contributed by atoms with Crippen LogP contribution in [-0.2, 0) is 0 Å². The summed E-state index contributed by atoms with van der Waals surface area (Å²) >= 11 is 1.28. The van der Waals surface area contributed by atoms with Gasteiger partial charge in [-0.3, -0.25) is 5.43 Å². The van der Waals surface area contributed by atoms with Crippen molar-refractivity contribution < 1.29 is 20.4 Å². The summed E-state index contributed by atoms with van der Waals surface area (Å²) in [5, 5.41) is 51.1. The second-order valence-corrected chi connectivity index (χ2v) is 6.30. The number of phenolic OH excluding ortho intramolecular Hbond substituents is 4. The number of nitrogens with zero attached hydrogens (tertiary/aromatic N) is 3. The van der Waals surface area contributed by atoms with Crippen molar-refractivity contribution in [2.45, 2.75) is 13.8 Å². The first kappa shape index (κ1) is 20.1. The first-order valence-corrected chi connectivity index (χ1v) is 9.05. The van der Waals surface area contributed by atoms with Crippen LogP contribution in [0.15, 0.2) is 51.7 Å². The SMILES string of the molecule is CS/C(=N\N=C(\C)c1ccc(O)cc1O)N/N=C(/C)c1ccc(O)cc1O. The van der Waals surface area contributed by atoms with Crippen molar-refractivity contribution in [1.29, 1.82) is 0 Å². The van der Waals surface area contributed by atoms with Gasteiger partial charge in [-0.2, -0.15) is 10.2 Å². The number of hydrazone groups is 1. The third kappa shape index (κ3) is 5.38. The normalized spacial score (nSPS) is 12.9. The molecule has 0 saturated heterocycles. The lowest BCUT2D eigenvalue weighted by Gasteiger charge is -2.06. The molecule has 0 aromatic heterocycles. The van der Waals surface area contributed by atoms with Crippen LogP contribution < -0.4 is 5.43 Å². The highest BCUT2D eigenvalue weighted by molar-refractivity contribution is 8.13. The van der Waals surface area contributed by atoms with Crippen LogP contribution in [0.25, 0.3) is 0 Å². The number of nitrogens with one attached hydrogen (secondary N) is 1. The van der Waals surface area contributed by atoms with Gasteiger partial charge in [-0.05, 0) is 44.4 Å². The Morgan fingerprint density at radius 2 is 1.33 bits per heavy atom. The van der Waals surface area contributed by atoms with E-state index < -0.39 is 0 Å². The monoisotopic (exact) mass is 388 g/mol. The molecular weight excluding hydrogens is 368 g/mol. The third-order valence-corrected chi connectivity index (χ3v) is 4.11. The molecule has 0 unspecified atom stereocenters. The molecule has 5 N–H and O–H groups in total. The fourth-order valence-corrected chi connectivity index (χ4v) is 2.39. The number of amidine groups is 1. The van der Waals surface area contributed by atoms with Crippen LogP contribution in [0.4, 0.5) is 0 Å². The average molecular weight is 388 g/mol. The Kier molecular flexibility index (Phi) is 6.67. The van der Waals surface area contributed by atoms with Gasteiger partial charge in [0, 0.05) is 23.3 Å². The van der Waals surface area contributed by atoms with Crippen molar-refractivity contribution in [3.05, 3.63) is 47.5 Å². The van der Waals surface area contributed by atoms with Crippen molar-refractivity contribution in [2.75, 3.05) is 6.26 Å². The second-order valence-electron chi connectivity index (χ2n) is 5.51. The highest BCUT2D eigenvalue weighted by Gasteiger charge is 2.07.